The molecule has 7 nitrogen and oxygen atoms in total. The van der Waals surface area contributed by atoms with E-state index in [-0.39, 0.29) is 0 Å². The zero-order chi connectivity index (χ0) is 56.1. The molecule has 0 N–H and O–H groups in total. The van der Waals surface area contributed by atoms with Crippen molar-refractivity contribution in [3.8, 4) is 113 Å². The molecule has 0 bridgehead atoms. The summed E-state index contributed by atoms with van der Waals surface area (Å²) in [6, 6.07) is 103. The van der Waals surface area contributed by atoms with Gasteiger partial charge in [0.25, 0.3) is 0 Å². The van der Waals surface area contributed by atoms with Gasteiger partial charge < -0.3 is 9.13 Å². The van der Waals surface area contributed by atoms with Gasteiger partial charge in [0.1, 0.15) is 0 Å². The molecule has 0 saturated carbocycles. The van der Waals surface area contributed by atoms with Crippen molar-refractivity contribution in [3.63, 3.8) is 0 Å². The van der Waals surface area contributed by atoms with Crippen LogP contribution in [0.3, 0.4) is 0 Å². The first-order chi connectivity index (χ1) is 41.6. The fourth-order valence-electron chi connectivity index (χ4n) is 12.1. The summed E-state index contributed by atoms with van der Waals surface area (Å²) in [6.07, 6.45) is 0. The number of rotatable bonds is 10. The molecule has 15 rings (SSSR count). The van der Waals surface area contributed by atoms with Crippen molar-refractivity contribution >= 4 is 43.6 Å². The molecule has 12 aromatic carbocycles. The van der Waals surface area contributed by atoms with Crippen molar-refractivity contribution in [1.29, 1.82) is 10.5 Å². The van der Waals surface area contributed by atoms with Gasteiger partial charge in [-0.2, -0.15) is 10.5 Å². The minimum absolute atomic E-state index is 0.339. The van der Waals surface area contributed by atoms with Gasteiger partial charge in [-0.15, -0.1) is 0 Å². The monoisotopic (exact) mass is 1070 g/mol. The second-order valence-corrected chi connectivity index (χ2v) is 20.9. The zero-order valence-corrected chi connectivity index (χ0v) is 45.3. The van der Waals surface area contributed by atoms with Crippen LogP contribution in [0.1, 0.15) is 11.1 Å². The van der Waals surface area contributed by atoms with E-state index in [0.717, 1.165) is 122 Å². The molecule has 0 spiro atoms. The van der Waals surface area contributed by atoms with Crippen LogP contribution in [0.2, 0.25) is 0 Å². The van der Waals surface area contributed by atoms with Crippen LogP contribution < -0.4 is 0 Å². The fourth-order valence-corrected chi connectivity index (χ4v) is 12.1. The van der Waals surface area contributed by atoms with E-state index in [4.69, 9.17) is 15.0 Å². The van der Waals surface area contributed by atoms with Crippen molar-refractivity contribution in [2.24, 2.45) is 0 Å². The summed E-state index contributed by atoms with van der Waals surface area (Å²) in [6.45, 7) is 0. The Morgan fingerprint density at radius 2 is 0.607 bits per heavy atom. The Labute approximate surface area is 485 Å². The Hall–Kier alpha value is -11.8. The Bertz CT molecular complexity index is 4920. The Kier molecular flexibility index (Phi) is 12.2. The summed E-state index contributed by atoms with van der Waals surface area (Å²) < 4.78 is 4.60. The van der Waals surface area contributed by atoms with Crippen LogP contribution in [0, 0.1) is 22.7 Å². The van der Waals surface area contributed by atoms with Gasteiger partial charge in [0, 0.05) is 27.1 Å². The summed E-state index contributed by atoms with van der Waals surface area (Å²) in [5.74, 6) is 1.19. The third-order valence-corrected chi connectivity index (χ3v) is 16.1. The second kappa shape index (κ2) is 20.7. The van der Waals surface area contributed by atoms with E-state index >= 15 is 0 Å². The molecule has 0 saturated heterocycles. The number of nitriles is 2. The predicted octanol–water partition coefficient (Wildman–Crippen LogP) is 19.1. The summed E-state index contributed by atoms with van der Waals surface area (Å²) in [4.78, 5) is 16.6. The molecule has 0 atom stereocenters. The van der Waals surface area contributed by atoms with Gasteiger partial charge in [0.15, 0.2) is 17.5 Å². The molecule has 0 radical (unpaired) electrons. The Morgan fingerprint density at radius 3 is 1.00 bits per heavy atom. The number of aromatic nitrogens is 5. The number of hydrogen-bond donors (Lipinski definition) is 0. The molecule has 0 unspecified atom stereocenters. The lowest BCUT2D eigenvalue weighted by atomic mass is 9.96. The lowest BCUT2D eigenvalue weighted by Gasteiger charge is -2.19. The van der Waals surface area contributed by atoms with Crippen LogP contribution in [-0.4, -0.2) is 24.1 Å². The number of hydrogen-bond acceptors (Lipinski definition) is 5. The third kappa shape index (κ3) is 8.57. The number of benzene rings is 12. The Balaban J connectivity index is 1.02. The number of nitrogens with zero attached hydrogens (tertiary/aromatic N) is 7. The topological polar surface area (TPSA) is 96.1 Å². The number of fused-ring (bicyclic) bond motifs is 6. The van der Waals surface area contributed by atoms with E-state index in [1.807, 2.05) is 91.0 Å². The van der Waals surface area contributed by atoms with Gasteiger partial charge in [-0.3, -0.25) is 0 Å². The Morgan fingerprint density at radius 1 is 0.262 bits per heavy atom. The average molecular weight is 1070 g/mol. The highest BCUT2D eigenvalue weighted by Gasteiger charge is 2.27. The molecule has 0 amide bonds. The van der Waals surface area contributed by atoms with E-state index in [1.165, 1.54) is 0 Å². The van der Waals surface area contributed by atoms with Crippen molar-refractivity contribution < 1.29 is 0 Å². The maximum atomic E-state index is 11.4. The molecule has 0 fully saturated rings. The van der Waals surface area contributed by atoms with Gasteiger partial charge in [0.05, 0.1) is 67.8 Å². The maximum absolute atomic E-state index is 11.4. The first-order valence-electron chi connectivity index (χ1n) is 27.9. The maximum Gasteiger partial charge on any atom is 0.167 e. The van der Waals surface area contributed by atoms with Crippen molar-refractivity contribution in [2.75, 3.05) is 0 Å². The fraction of sp³-hybridized carbons (Fsp3) is 0. The molecular weight excluding hydrogens is 1020 g/mol. The predicted molar refractivity (Wildman–Crippen MR) is 341 cm³/mol. The first kappa shape index (κ1) is 49.3. The normalized spacial score (nSPS) is 11.3. The van der Waals surface area contributed by atoms with Crippen LogP contribution in [0.4, 0.5) is 0 Å². The van der Waals surface area contributed by atoms with Crippen LogP contribution in [0.5, 0.6) is 0 Å². The summed E-state index contributed by atoms with van der Waals surface area (Å²) >= 11 is 0. The van der Waals surface area contributed by atoms with Gasteiger partial charge in [-0.1, -0.05) is 206 Å². The minimum Gasteiger partial charge on any atom is -0.308 e. The highest BCUT2D eigenvalue weighted by atomic mass is 15.1. The van der Waals surface area contributed by atoms with Crippen LogP contribution >= 0.6 is 0 Å². The molecule has 0 aliphatic carbocycles. The molecule has 0 aliphatic rings. The second-order valence-electron chi connectivity index (χ2n) is 20.9. The third-order valence-electron chi connectivity index (χ3n) is 16.1. The van der Waals surface area contributed by atoms with Crippen LogP contribution in [-0.2, 0) is 0 Å². The zero-order valence-electron chi connectivity index (χ0n) is 45.3. The largest absolute Gasteiger partial charge is 0.308 e. The first-order valence-corrected chi connectivity index (χ1v) is 27.9. The molecular formula is C77H47N7. The SMILES string of the molecule is N#Cc1ccc(-c2cccc(-n3c4ccc(-c5ccccc5)cc4c4cc(-c5ccccc5)ccc43)c2-c2nc(-c3ccccc3)nc(-c3c(C#N)cccc3-n3c4ccc(-c5ccccc5)cc4c4cc(-c5ccccc5)ccc43)n2)cc1. The van der Waals surface area contributed by atoms with Gasteiger partial charge in [-0.25, -0.2) is 15.0 Å². The molecule has 390 valence electrons. The van der Waals surface area contributed by atoms with Crippen molar-refractivity contribution in [2.45, 2.75) is 0 Å². The standard InChI is InChI=1S/C77H47N7/c78-48-50-32-34-55(35-33-50)62-29-17-31-72(84-69-42-38-59(53-22-10-3-11-23-53)46-65(69)66-47-60(39-43-70(66)84)54-24-12-4-13-25-54)74(62)77-81-75(56-26-14-5-15-27-56)80-76(82-77)73-61(49-79)28-16-30-71(73)83-67-40-36-57(51-18-6-1-7-19-51)44-63(67)64-45-58(37-41-68(64)83)52-20-8-2-9-21-52/h1-47H. The molecule has 0 aliphatic heterocycles. The van der Waals surface area contributed by atoms with E-state index in [9.17, 15) is 10.5 Å². The van der Waals surface area contributed by atoms with E-state index in [0.29, 0.717) is 34.2 Å². The quantitative estimate of drug-likeness (QED) is 0.136. The smallest absolute Gasteiger partial charge is 0.167 e. The summed E-state index contributed by atoms with van der Waals surface area (Å²) in [7, 11) is 0. The van der Waals surface area contributed by atoms with Crippen molar-refractivity contribution in [1.82, 2.24) is 24.1 Å². The van der Waals surface area contributed by atoms with Gasteiger partial charge in [0.2, 0.25) is 0 Å². The molecule has 3 heterocycles. The van der Waals surface area contributed by atoms with Crippen LogP contribution in [0.15, 0.2) is 285 Å². The average Bonchev–Trinajstić information content (AvgIpc) is 4.04. The highest BCUT2D eigenvalue weighted by Crippen LogP contribution is 2.45. The van der Waals surface area contributed by atoms with E-state index in [1.54, 1.807) is 0 Å². The minimum atomic E-state index is 0.339. The van der Waals surface area contributed by atoms with E-state index in [2.05, 4.69) is 215 Å². The summed E-state index contributed by atoms with van der Waals surface area (Å²) in [5, 5.41) is 25.7. The highest BCUT2D eigenvalue weighted by molar-refractivity contribution is 6.14. The molecule has 3 aromatic heterocycles. The van der Waals surface area contributed by atoms with Gasteiger partial charge >= 0.3 is 0 Å². The lowest BCUT2D eigenvalue weighted by Crippen LogP contribution is -2.07. The summed E-state index contributed by atoms with van der Waals surface area (Å²) in [5.41, 5.74) is 19.2. The molecule has 84 heavy (non-hydrogen) atoms. The van der Waals surface area contributed by atoms with Crippen LogP contribution in [0.25, 0.3) is 145 Å². The van der Waals surface area contributed by atoms with Crippen molar-refractivity contribution in [3.05, 3.63) is 296 Å². The molecule has 7 heteroatoms. The lowest BCUT2D eigenvalue weighted by molar-refractivity contribution is 1.06. The van der Waals surface area contributed by atoms with E-state index < -0.39 is 0 Å². The molecule has 15 aromatic rings. The van der Waals surface area contributed by atoms with Gasteiger partial charge in [-0.05, 0) is 134 Å².